The van der Waals surface area contributed by atoms with Crippen LogP contribution in [-0.2, 0) is 4.74 Å². The fourth-order valence-electron chi connectivity index (χ4n) is 2.57. The number of hydrogen-bond donors (Lipinski definition) is 0. The molecule has 0 aromatic heterocycles. The summed E-state index contributed by atoms with van der Waals surface area (Å²) in [5, 5.41) is 0. The Labute approximate surface area is 117 Å². The van der Waals surface area contributed by atoms with Gasteiger partial charge in [0.2, 0.25) is 0 Å². The molecule has 0 aliphatic carbocycles. The topological polar surface area (TPSA) is 12.5 Å². The fourth-order valence-corrected chi connectivity index (χ4v) is 2.57. The van der Waals surface area contributed by atoms with Gasteiger partial charge in [0, 0.05) is 13.2 Å². The van der Waals surface area contributed by atoms with E-state index in [1.54, 1.807) is 0 Å². The Balaban J connectivity index is 1.92. The number of hydrogen-bond acceptors (Lipinski definition) is 2. The van der Waals surface area contributed by atoms with Crippen LogP contribution in [0.25, 0.3) is 0 Å². The maximum atomic E-state index is 6.16. The van der Waals surface area contributed by atoms with E-state index in [0.717, 1.165) is 19.6 Å². The summed E-state index contributed by atoms with van der Waals surface area (Å²) in [7, 11) is 0. The first-order valence-corrected chi connectivity index (χ1v) is 7.64. The number of nitrogens with zero attached hydrogens (tertiary/aromatic N) is 1. The summed E-state index contributed by atoms with van der Waals surface area (Å²) in [6, 6.07) is 10.7. The Bertz CT molecular complexity index is 344. The molecular formula is C17H27NO. The van der Waals surface area contributed by atoms with Crippen LogP contribution in [0.5, 0.6) is 0 Å². The molecule has 1 heterocycles. The highest BCUT2D eigenvalue weighted by atomic mass is 16.5. The number of benzene rings is 1. The molecule has 0 amide bonds. The zero-order chi connectivity index (χ0) is 13.5. The van der Waals surface area contributed by atoms with Crippen LogP contribution in [0.1, 0.15) is 44.8 Å². The van der Waals surface area contributed by atoms with Gasteiger partial charge in [-0.15, -0.1) is 0 Å². The minimum Gasteiger partial charge on any atom is -0.372 e. The largest absolute Gasteiger partial charge is 0.372 e. The van der Waals surface area contributed by atoms with Gasteiger partial charge < -0.3 is 9.64 Å². The lowest BCUT2D eigenvalue weighted by molar-refractivity contribution is 0.0242. The first-order chi connectivity index (χ1) is 9.25. The monoisotopic (exact) mass is 261 g/mol. The summed E-state index contributed by atoms with van der Waals surface area (Å²) in [5.41, 5.74) is 1.32. The molecule has 2 rings (SSSR count). The van der Waals surface area contributed by atoms with E-state index in [0.29, 0.717) is 5.92 Å². The van der Waals surface area contributed by atoms with Crippen molar-refractivity contribution in [1.29, 1.82) is 0 Å². The molecule has 1 aromatic rings. The minimum absolute atomic E-state index is 0.234. The van der Waals surface area contributed by atoms with Crippen LogP contribution in [0.2, 0.25) is 0 Å². The zero-order valence-corrected chi connectivity index (χ0v) is 12.3. The number of rotatable bonds is 7. The number of ether oxygens (including phenoxy) is 1. The molecule has 106 valence electrons. The minimum atomic E-state index is 0.234. The summed E-state index contributed by atoms with van der Waals surface area (Å²) in [6.45, 7) is 8.88. The summed E-state index contributed by atoms with van der Waals surface area (Å²) < 4.78 is 6.16. The molecule has 19 heavy (non-hydrogen) atoms. The van der Waals surface area contributed by atoms with Gasteiger partial charge in [-0.3, -0.25) is 0 Å². The first-order valence-electron chi connectivity index (χ1n) is 7.64. The van der Waals surface area contributed by atoms with Crippen molar-refractivity contribution in [2.75, 3.05) is 26.2 Å². The Morgan fingerprint density at radius 3 is 2.42 bits per heavy atom. The second-order valence-electron chi connectivity index (χ2n) is 5.96. The summed E-state index contributed by atoms with van der Waals surface area (Å²) in [6.07, 6.45) is 4.06. The second kappa shape index (κ2) is 7.66. The highest BCUT2D eigenvalue weighted by molar-refractivity contribution is 5.18. The van der Waals surface area contributed by atoms with Crippen molar-refractivity contribution < 1.29 is 4.74 Å². The molecule has 0 radical (unpaired) electrons. The van der Waals surface area contributed by atoms with Crippen LogP contribution in [-0.4, -0.2) is 31.1 Å². The maximum absolute atomic E-state index is 6.16. The van der Waals surface area contributed by atoms with Crippen molar-refractivity contribution in [2.45, 2.75) is 39.2 Å². The third-order valence-corrected chi connectivity index (χ3v) is 3.81. The van der Waals surface area contributed by atoms with E-state index >= 15 is 0 Å². The van der Waals surface area contributed by atoms with Crippen molar-refractivity contribution >= 4 is 0 Å². The van der Waals surface area contributed by atoms with Crippen molar-refractivity contribution in [3.8, 4) is 0 Å². The molecule has 1 fully saturated rings. The zero-order valence-electron chi connectivity index (χ0n) is 12.3. The predicted octanol–water partition coefficient (Wildman–Crippen LogP) is 3.89. The van der Waals surface area contributed by atoms with E-state index in [1.807, 2.05) is 0 Å². The number of likely N-dealkylation sites (tertiary alicyclic amines) is 1. The van der Waals surface area contributed by atoms with E-state index < -0.39 is 0 Å². The van der Waals surface area contributed by atoms with Crippen molar-refractivity contribution in [1.82, 2.24) is 4.90 Å². The summed E-state index contributed by atoms with van der Waals surface area (Å²) in [5.74, 6) is 0.711. The maximum Gasteiger partial charge on any atom is 0.0951 e. The molecule has 0 bridgehead atoms. The predicted molar refractivity (Wildman–Crippen MR) is 80.3 cm³/mol. The van der Waals surface area contributed by atoms with Gasteiger partial charge in [0.25, 0.3) is 0 Å². The molecule has 0 saturated carbocycles. The first kappa shape index (κ1) is 14.5. The molecule has 1 saturated heterocycles. The van der Waals surface area contributed by atoms with Crippen molar-refractivity contribution in [3.05, 3.63) is 35.9 Å². The van der Waals surface area contributed by atoms with E-state index in [-0.39, 0.29) is 6.10 Å². The molecular weight excluding hydrogens is 234 g/mol. The molecule has 2 heteroatoms. The lowest BCUT2D eigenvalue weighted by Crippen LogP contribution is -2.27. The van der Waals surface area contributed by atoms with Crippen LogP contribution in [0.4, 0.5) is 0 Å². The molecule has 2 nitrogen and oxygen atoms in total. The second-order valence-corrected chi connectivity index (χ2v) is 5.96. The molecule has 0 spiro atoms. The quantitative estimate of drug-likeness (QED) is 0.738. The highest BCUT2D eigenvalue weighted by Crippen LogP contribution is 2.21. The SMILES string of the molecule is CC(C)CCO[C@@H](CN1CCCC1)c1ccccc1. The molecule has 1 aliphatic heterocycles. The van der Waals surface area contributed by atoms with Gasteiger partial charge in [-0.25, -0.2) is 0 Å². The molecule has 1 atom stereocenters. The lowest BCUT2D eigenvalue weighted by Gasteiger charge is -2.24. The average molecular weight is 261 g/mol. The molecule has 0 N–H and O–H groups in total. The van der Waals surface area contributed by atoms with Crippen LogP contribution < -0.4 is 0 Å². The van der Waals surface area contributed by atoms with Gasteiger partial charge in [-0.1, -0.05) is 44.2 Å². The van der Waals surface area contributed by atoms with Gasteiger partial charge in [-0.05, 0) is 43.8 Å². The standard InChI is InChI=1S/C17H27NO/c1-15(2)10-13-19-17(14-18-11-6-7-12-18)16-8-4-3-5-9-16/h3-5,8-9,15,17H,6-7,10-14H2,1-2H3/t17-/m0/s1. The van der Waals surface area contributed by atoms with Gasteiger partial charge in [0.05, 0.1) is 6.10 Å². The smallest absolute Gasteiger partial charge is 0.0951 e. The molecule has 1 aromatic carbocycles. The van der Waals surface area contributed by atoms with Crippen LogP contribution in [0.15, 0.2) is 30.3 Å². The van der Waals surface area contributed by atoms with Crippen molar-refractivity contribution in [2.24, 2.45) is 5.92 Å². The summed E-state index contributed by atoms with van der Waals surface area (Å²) >= 11 is 0. The Kier molecular flexibility index (Phi) is 5.87. The Morgan fingerprint density at radius 2 is 1.79 bits per heavy atom. The third-order valence-electron chi connectivity index (χ3n) is 3.81. The van der Waals surface area contributed by atoms with Crippen LogP contribution >= 0.6 is 0 Å². The van der Waals surface area contributed by atoms with Gasteiger partial charge in [0.1, 0.15) is 0 Å². The van der Waals surface area contributed by atoms with E-state index in [1.165, 1.54) is 31.5 Å². The van der Waals surface area contributed by atoms with Gasteiger partial charge in [0.15, 0.2) is 0 Å². The Morgan fingerprint density at radius 1 is 1.11 bits per heavy atom. The van der Waals surface area contributed by atoms with Gasteiger partial charge >= 0.3 is 0 Å². The van der Waals surface area contributed by atoms with Crippen LogP contribution in [0.3, 0.4) is 0 Å². The third kappa shape index (κ3) is 4.96. The average Bonchev–Trinajstić information content (AvgIpc) is 2.91. The van der Waals surface area contributed by atoms with E-state index in [9.17, 15) is 0 Å². The normalized spacial score (nSPS) is 18.1. The van der Waals surface area contributed by atoms with Crippen molar-refractivity contribution in [3.63, 3.8) is 0 Å². The fraction of sp³-hybridized carbons (Fsp3) is 0.647. The highest BCUT2D eigenvalue weighted by Gasteiger charge is 2.19. The lowest BCUT2D eigenvalue weighted by atomic mass is 10.1. The Hall–Kier alpha value is -0.860. The summed E-state index contributed by atoms with van der Waals surface area (Å²) in [4.78, 5) is 2.53. The van der Waals surface area contributed by atoms with Crippen LogP contribution in [0, 0.1) is 5.92 Å². The van der Waals surface area contributed by atoms with E-state index in [2.05, 4.69) is 49.1 Å². The van der Waals surface area contributed by atoms with E-state index in [4.69, 9.17) is 4.74 Å². The molecule has 1 aliphatic rings. The molecule has 0 unspecified atom stereocenters. The van der Waals surface area contributed by atoms with Gasteiger partial charge in [-0.2, -0.15) is 0 Å².